The van der Waals surface area contributed by atoms with Crippen LogP contribution in [-0.2, 0) is 4.79 Å². The maximum atomic E-state index is 12.5. The second-order valence-corrected chi connectivity index (χ2v) is 7.54. The highest BCUT2D eigenvalue weighted by Crippen LogP contribution is 2.31. The van der Waals surface area contributed by atoms with E-state index in [0.717, 1.165) is 4.88 Å². The van der Waals surface area contributed by atoms with Crippen LogP contribution in [0.25, 0.3) is 10.8 Å². The molecule has 3 aromatic rings. The summed E-state index contributed by atoms with van der Waals surface area (Å²) >= 11 is 1.54. The van der Waals surface area contributed by atoms with Crippen LogP contribution in [0.1, 0.15) is 32.7 Å². The van der Waals surface area contributed by atoms with Crippen molar-refractivity contribution >= 4 is 22.9 Å². The molecule has 1 N–H and O–H groups in total. The summed E-state index contributed by atoms with van der Waals surface area (Å²) in [4.78, 5) is 15.3. The Morgan fingerprint density at radius 2 is 1.97 bits per heavy atom. The van der Waals surface area contributed by atoms with E-state index in [4.69, 9.17) is 13.9 Å². The fraction of sp³-hybridized carbons (Fsp3) is 0.381. The van der Waals surface area contributed by atoms with Crippen molar-refractivity contribution in [1.82, 2.24) is 15.1 Å². The minimum absolute atomic E-state index is 0.158. The third kappa shape index (κ3) is 5.37. The maximum Gasteiger partial charge on any atom is 0.257 e. The Morgan fingerprint density at radius 1 is 1.20 bits per heavy atom. The van der Waals surface area contributed by atoms with Crippen LogP contribution in [-0.4, -0.2) is 47.8 Å². The Kier molecular flexibility index (Phi) is 7.42. The maximum absolute atomic E-state index is 12.5. The van der Waals surface area contributed by atoms with Crippen molar-refractivity contribution < 1.29 is 18.7 Å². The van der Waals surface area contributed by atoms with Crippen molar-refractivity contribution in [2.24, 2.45) is 0 Å². The molecule has 0 aliphatic carbocycles. The summed E-state index contributed by atoms with van der Waals surface area (Å²) in [6, 6.07) is 9.00. The fourth-order valence-corrected chi connectivity index (χ4v) is 3.43. The van der Waals surface area contributed by atoms with E-state index in [1.807, 2.05) is 50.2 Å². The number of anilines is 1. The number of amides is 1. The van der Waals surface area contributed by atoms with E-state index >= 15 is 0 Å². The van der Waals surface area contributed by atoms with Gasteiger partial charge >= 0.3 is 0 Å². The normalized spacial score (nSPS) is 12.0. The lowest BCUT2D eigenvalue weighted by Gasteiger charge is -2.21. The van der Waals surface area contributed by atoms with Gasteiger partial charge in [0.25, 0.3) is 5.89 Å². The zero-order valence-corrected chi connectivity index (χ0v) is 18.4. The van der Waals surface area contributed by atoms with Gasteiger partial charge in [0.1, 0.15) is 0 Å². The summed E-state index contributed by atoms with van der Waals surface area (Å²) in [6.07, 6.45) is 0. The number of aromatic nitrogens is 2. The molecule has 1 atom stereocenters. The second kappa shape index (κ2) is 10.2. The summed E-state index contributed by atoms with van der Waals surface area (Å²) in [7, 11) is 1.84. The molecule has 2 heterocycles. The molecule has 0 fully saturated rings. The van der Waals surface area contributed by atoms with Crippen molar-refractivity contribution in [3.8, 4) is 22.3 Å². The van der Waals surface area contributed by atoms with Crippen LogP contribution in [0.5, 0.6) is 11.5 Å². The molecule has 0 bridgehead atoms. The summed E-state index contributed by atoms with van der Waals surface area (Å²) in [5.74, 6) is 2.05. The van der Waals surface area contributed by atoms with E-state index < -0.39 is 0 Å². The second-order valence-electron chi connectivity index (χ2n) is 6.59. The molecule has 8 nitrogen and oxygen atoms in total. The minimum Gasteiger partial charge on any atom is -0.490 e. The van der Waals surface area contributed by atoms with Crippen LogP contribution in [0.3, 0.4) is 0 Å². The molecule has 1 aromatic carbocycles. The Balaban J connectivity index is 1.60. The highest BCUT2D eigenvalue weighted by Gasteiger charge is 2.21. The predicted molar refractivity (Wildman–Crippen MR) is 116 cm³/mol. The average Bonchev–Trinajstić information content (AvgIpc) is 3.41. The first-order valence-electron chi connectivity index (χ1n) is 9.78. The van der Waals surface area contributed by atoms with Crippen molar-refractivity contribution in [3.05, 3.63) is 41.6 Å². The number of hydrogen-bond acceptors (Lipinski definition) is 8. The van der Waals surface area contributed by atoms with Crippen molar-refractivity contribution in [3.63, 3.8) is 0 Å². The zero-order chi connectivity index (χ0) is 21.5. The number of hydrogen-bond donors (Lipinski definition) is 1. The zero-order valence-electron chi connectivity index (χ0n) is 17.5. The lowest BCUT2D eigenvalue weighted by Crippen LogP contribution is -2.32. The molecule has 0 saturated heterocycles. The van der Waals surface area contributed by atoms with Crippen LogP contribution in [0.4, 0.5) is 5.69 Å². The van der Waals surface area contributed by atoms with Gasteiger partial charge in [-0.25, -0.2) is 0 Å². The number of nitrogens with one attached hydrogen (secondary N) is 1. The number of ether oxygens (including phenoxy) is 2. The summed E-state index contributed by atoms with van der Waals surface area (Å²) in [6.45, 7) is 6.94. The van der Waals surface area contributed by atoms with Gasteiger partial charge in [0.05, 0.1) is 30.7 Å². The van der Waals surface area contributed by atoms with Crippen LogP contribution in [0.2, 0.25) is 0 Å². The largest absolute Gasteiger partial charge is 0.490 e. The van der Waals surface area contributed by atoms with E-state index in [0.29, 0.717) is 42.2 Å². The Bertz CT molecular complexity index is 958. The third-order valence-corrected chi connectivity index (χ3v) is 5.27. The van der Waals surface area contributed by atoms with Gasteiger partial charge in [-0.3, -0.25) is 9.69 Å². The first kappa shape index (κ1) is 21.8. The van der Waals surface area contributed by atoms with Crippen molar-refractivity contribution in [1.29, 1.82) is 0 Å². The van der Waals surface area contributed by atoms with Crippen LogP contribution >= 0.6 is 11.3 Å². The molecular formula is C21H26N4O4S. The Labute approximate surface area is 179 Å². The number of benzene rings is 1. The predicted octanol–water partition coefficient (Wildman–Crippen LogP) is 4.23. The highest BCUT2D eigenvalue weighted by molar-refractivity contribution is 7.13. The van der Waals surface area contributed by atoms with Gasteiger partial charge in [-0.05, 0) is 51.4 Å². The number of likely N-dealkylation sites (N-methyl/N-ethyl adjacent to an activating group) is 1. The monoisotopic (exact) mass is 430 g/mol. The fourth-order valence-electron chi connectivity index (χ4n) is 2.78. The molecule has 0 radical (unpaired) electrons. The standard InChI is InChI=1S/C21H26N4O4S/c1-5-27-16-10-9-15(12-17(16)28-6-2)22-19(26)13-25(4)14(3)20-23-24-21(29-20)18-8-7-11-30-18/h7-12,14H,5-6,13H2,1-4H3,(H,22,26). The summed E-state index contributed by atoms with van der Waals surface area (Å²) < 4.78 is 16.9. The van der Waals surface area contributed by atoms with Crippen LogP contribution in [0.15, 0.2) is 40.1 Å². The number of carbonyl (C=O) groups is 1. The van der Waals surface area contributed by atoms with Gasteiger partial charge in [-0.1, -0.05) is 6.07 Å². The first-order chi connectivity index (χ1) is 14.5. The minimum atomic E-state index is -0.212. The quantitative estimate of drug-likeness (QED) is 0.515. The topological polar surface area (TPSA) is 89.7 Å². The molecule has 160 valence electrons. The van der Waals surface area contributed by atoms with E-state index in [-0.39, 0.29) is 18.5 Å². The molecule has 3 rings (SSSR count). The number of rotatable bonds is 10. The van der Waals surface area contributed by atoms with Crippen LogP contribution < -0.4 is 14.8 Å². The lowest BCUT2D eigenvalue weighted by atomic mass is 10.2. The van der Waals surface area contributed by atoms with E-state index in [9.17, 15) is 4.79 Å². The highest BCUT2D eigenvalue weighted by atomic mass is 32.1. The summed E-state index contributed by atoms with van der Waals surface area (Å²) in [5.41, 5.74) is 0.644. The molecule has 1 amide bonds. The van der Waals surface area contributed by atoms with E-state index in [1.165, 1.54) is 11.3 Å². The van der Waals surface area contributed by atoms with Gasteiger partial charge in [0.15, 0.2) is 11.5 Å². The van der Waals surface area contributed by atoms with Gasteiger partial charge in [-0.15, -0.1) is 21.5 Å². The van der Waals surface area contributed by atoms with Crippen LogP contribution in [0, 0.1) is 0 Å². The molecule has 0 aliphatic heterocycles. The molecular weight excluding hydrogens is 404 g/mol. The Hall–Kier alpha value is -2.91. The van der Waals surface area contributed by atoms with Gasteiger partial charge in [0.2, 0.25) is 11.8 Å². The molecule has 9 heteroatoms. The molecule has 2 aromatic heterocycles. The molecule has 0 aliphatic rings. The molecule has 30 heavy (non-hydrogen) atoms. The first-order valence-corrected chi connectivity index (χ1v) is 10.7. The van der Waals surface area contributed by atoms with Crippen molar-refractivity contribution in [2.45, 2.75) is 26.8 Å². The average molecular weight is 431 g/mol. The molecule has 0 saturated carbocycles. The smallest absolute Gasteiger partial charge is 0.257 e. The van der Waals surface area contributed by atoms with E-state index in [1.54, 1.807) is 18.2 Å². The number of thiophene rings is 1. The summed E-state index contributed by atoms with van der Waals surface area (Å²) in [5, 5.41) is 13.1. The van der Waals surface area contributed by atoms with E-state index in [2.05, 4.69) is 15.5 Å². The van der Waals surface area contributed by atoms with Crippen molar-refractivity contribution in [2.75, 3.05) is 32.1 Å². The lowest BCUT2D eigenvalue weighted by molar-refractivity contribution is -0.117. The number of nitrogens with zero attached hydrogens (tertiary/aromatic N) is 3. The third-order valence-electron chi connectivity index (χ3n) is 4.41. The van der Waals surface area contributed by atoms with Gasteiger partial charge in [-0.2, -0.15) is 0 Å². The SMILES string of the molecule is CCOc1ccc(NC(=O)CN(C)C(C)c2nnc(-c3cccs3)o2)cc1OCC. The van der Waals surface area contributed by atoms with Gasteiger partial charge in [0, 0.05) is 11.8 Å². The molecule has 0 spiro atoms. The Morgan fingerprint density at radius 3 is 2.67 bits per heavy atom. The number of carbonyl (C=O) groups excluding carboxylic acids is 1. The molecule has 1 unspecified atom stereocenters. The van der Waals surface area contributed by atoms with Gasteiger partial charge < -0.3 is 19.2 Å².